The minimum absolute atomic E-state index is 0.0211. The Labute approximate surface area is 121 Å². The summed E-state index contributed by atoms with van der Waals surface area (Å²) in [4.78, 5) is 4.17. The zero-order chi connectivity index (χ0) is 15.5. The first-order valence-corrected chi connectivity index (χ1v) is 6.74. The molecule has 0 bridgehead atoms. The zero-order valence-corrected chi connectivity index (χ0v) is 11.9. The predicted molar refractivity (Wildman–Crippen MR) is 73.1 cm³/mol. The Hall–Kier alpha value is -1.89. The molecule has 2 aromatic rings. The van der Waals surface area contributed by atoms with Gasteiger partial charge in [-0.05, 0) is 26.0 Å². The van der Waals surface area contributed by atoms with Crippen LogP contribution in [0.15, 0.2) is 30.7 Å². The highest BCUT2D eigenvalue weighted by Gasteiger charge is 2.32. The third-order valence-corrected chi connectivity index (χ3v) is 3.11. The number of aromatic nitrogens is 3. The summed E-state index contributed by atoms with van der Waals surface area (Å²) in [6.07, 6.45) is -0.125. The van der Waals surface area contributed by atoms with E-state index in [1.54, 1.807) is 12.3 Å². The molecule has 0 saturated heterocycles. The Kier molecular flexibility index (Phi) is 4.62. The summed E-state index contributed by atoms with van der Waals surface area (Å²) in [7, 11) is 0. The van der Waals surface area contributed by atoms with Crippen LogP contribution >= 0.6 is 0 Å². The topological polar surface area (TPSA) is 42.7 Å². The molecule has 0 saturated carbocycles. The first-order valence-electron chi connectivity index (χ1n) is 6.74. The molecule has 114 valence electrons. The van der Waals surface area contributed by atoms with Gasteiger partial charge in [-0.2, -0.15) is 18.3 Å². The molecule has 21 heavy (non-hydrogen) atoms. The van der Waals surface area contributed by atoms with Gasteiger partial charge in [0.05, 0.1) is 11.8 Å². The lowest BCUT2D eigenvalue weighted by atomic mass is 10.1. The van der Waals surface area contributed by atoms with Gasteiger partial charge in [-0.25, -0.2) is 9.67 Å². The Morgan fingerprint density at radius 1 is 1.38 bits per heavy atom. The average Bonchev–Trinajstić information content (AvgIpc) is 2.94. The summed E-state index contributed by atoms with van der Waals surface area (Å²) in [5.74, 6) is 0.407. The molecular weight excluding hydrogens is 281 g/mol. The monoisotopic (exact) mass is 298 g/mol. The van der Waals surface area contributed by atoms with E-state index < -0.39 is 11.7 Å². The van der Waals surface area contributed by atoms with Gasteiger partial charge in [0.1, 0.15) is 0 Å². The van der Waals surface area contributed by atoms with Crippen molar-refractivity contribution >= 4 is 0 Å². The van der Waals surface area contributed by atoms with Crippen molar-refractivity contribution in [1.82, 2.24) is 20.1 Å². The van der Waals surface area contributed by atoms with Gasteiger partial charge in [0.2, 0.25) is 0 Å². The van der Waals surface area contributed by atoms with Crippen molar-refractivity contribution in [2.24, 2.45) is 0 Å². The molecule has 0 radical (unpaired) electrons. The van der Waals surface area contributed by atoms with Crippen molar-refractivity contribution in [3.63, 3.8) is 0 Å². The molecule has 1 atom stereocenters. The van der Waals surface area contributed by atoms with Crippen molar-refractivity contribution in [3.8, 4) is 5.82 Å². The van der Waals surface area contributed by atoms with E-state index in [1.165, 1.54) is 4.68 Å². The molecule has 7 heteroatoms. The Bertz CT molecular complexity index is 592. The van der Waals surface area contributed by atoms with Gasteiger partial charge in [0.25, 0.3) is 0 Å². The molecule has 2 rings (SSSR count). The number of pyridine rings is 1. The molecular formula is C14H17F3N4. The third-order valence-electron chi connectivity index (χ3n) is 3.11. The fraction of sp³-hybridized carbons (Fsp3) is 0.429. The number of nitrogens with zero attached hydrogens (tertiary/aromatic N) is 3. The van der Waals surface area contributed by atoms with E-state index in [0.717, 1.165) is 30.9 Å². The number of rotatable bonds is 5. The second-order valence-electron chi connectivity index (χ2n) is 4.76. The van der Waals surface area contributed by atoms with E-state index in [1.807, 2.05) is 19.9 Å². The molecule has 0 amide bonds. The summed E-state index contributed by atoms with van der Waals surface area (Å²) >= 11 is 0. The molecule has 2 aromatic heterocycles. The maximum Gasteiger partial charge on any atom is 0.419 e. The third kappa shape index (κ3) is 3.60. The van der Waals surface area contributed by atoms with E-state index in [-0.39, 0.29) is 6.04 Å². The standard InChI is InChI=1S/C14H17F3N4/c1-3-6-18-10(2)12-5-4-7-19-13(12)21-9-11(8-20-21)14(15,16)17/h4-5,7-10,18H,3,6H2,1-2H3. The molecule has 0 fully saturated rings. The van der Waals surface area contributed by atoms with Crippen LogP contribution in [-0.2, 0) is 6.18 Å². The second-order valence-corrected chi connectivity index (χ2v) is 4.76. The SMILES string of the molecule is CCCNC(C)c1cccnc1-n1cc(C(F)(F)F)cn1. The van der Waals surface area contributed by atoms with E-state index in [0.29, 0.717) is 5.82 Å². The molecule has 2 heterocycles. The molecule has 0 aliphatic heterocycles. The highest BCUT2D eigenvalue weighted by molar-refractivity contribution is 5.36. The number of halogens is 3. The van der Waals surface area contributed by atoms with Gasteiger partial charge in [-0.15, -0.1) is 0 Å². The molecule has 1 unspecified atom stereocenters. The van der Waals surface area contributed by atoms with Crippen LogP contribution in [0.4, 0.5) is 13.2 Å². The van der Waals surface area contributed by atoms with Crippen LogP contribution in [0.1, 0.15) is 37.4 Å². The van der Waals surface area contributed by atoms with Crippen molar-refractivity contribution < 1.29 is 13.2 Å². The summed E-state index contributed by atoms with van der Waals surface area (Å²) in [6.45, 7) is 4.82. The average molecular weight is 298 g/mol. The molecule has 0 aliphatic rings. The van der Waals surface area contributed by atoms with E-state index in [4.69, 9.17) is 0 Å². The Morgan fingerprint density at radius 3 is 2.76 bits per heavy atom. The maximum absolute atomic E-state index is 12.7. The number of nitrogens with one attached hydrogen (secondary N) is 1. The number of hydrogen-bond acceptors (Lipinski definition) is 3. The minimum atomic E-state index is -4.40. The maximum atomic E-state index is 12.7. The van der Waals surface area contributed by atoms with Crippen LogP contribution in [0, 0.1) is 0 Å². The zero-order valence-electron chi connectivity index (χ0n) is 11.9. The van der Waals surface area contributed by atoms with E-state index in [2.05, 4.69) is 15.4 Å². The first kappa shape index (κ1) is 15.5. The highest BCUT2D eigenvalue weighted by Crippen LogP contribution is 2.29. The molecule has 0 spiro atoms. The van der Waals surface area contributed by atoms with Crippen molar-refractivity contribution in [2.75, 3.05) is 6.54 Å². The predicted octanol–water partition coefficient (Wildman–Crippen LogP) is 3.35. The van der Waals surface area contributed by atoms with Crippen molar-refractivity contribution in [3.05, 3.63) is 41.9 Å². The number of alkyl halides is 3. The van der Waals surface area contributed by atoms with Crippen molar-refractivity contribution in [1.29, 1.82) is 0 Å². The van der Waals surface area contributed by atoms with Crippen LogP contribution < -0.4 is 5.32 Å². The van der Waals surface area contributed by atoms with Crippen molar-refractivity contribution in [2.45, 2.75) is 32.5 Å². The largest absolute Gasteiger partial charge is 0.419 e. The summed E-state index contributed by atoms with van der Waals surface area (Å²) in [6, 6.07) is 3.58. The lowest BCUT2D eigenvalue weighted by Crippen LogP contribution is -2.21. The highest BCUT2D eigenvalue weighted by atomic mass is 19.4. The van der Waals surface area contributed by atoms with Gasteiger partial charge in [-0.3, -0.25) is 0 Å². The lowest BCUT2D eigenvalue weighted by molar-refractivity contribution is -0.137. The first-order chi connectivity index (χ1) is 9.93. The van der Waals surface area contributed by atoms with Crippen LogP contribution in [0.2, 0.25) is 0 Å². The second kappa shape index (κ2) is 6.26. The normalized spacial score (nSPS) is 13.4. The van der Waals surface area contributed by atoms with Gasteiger partial charge >= 0.3 is 6.18 Å². The Morgan fingerprint density at radius 2 is 2.14 bits per heavy atom. The molecule has 0 aliphatic carbocycles. The van der Waals surface area contributed by atoms with Crippen LogP contribution in [0.25, 0.3) is 5.82 Å². The van der Waals surface area contributed by atoms with Gasteiger partial charge < -0.3 is 5.32 Å². The van der Waals surface area contributed by atoms with E-state index >= 15 is 0 Å². The Balaban J connectivity index is 2.34. The fourth-order valence-electron chi connectivity index (χ4n) is 1.99. The quantitative estimate of drug-likeness (QED) is 0.920. The van der Waals surface area contributed by atoms with Crippen LogP contribution in [0.5, 0.6) is 0 Å². The van der Waals surface area contributed by atoms with Gasteiger partial charge in [0.15, 0.2) is 5.82 Å². The fourth-order valence-corrected chi connectivity index (χ4v) is 1.99. The van der Waals surface area contributed by atoms with E-state index in [9.17, 15) is 13.2 Å². The van der Waals surface area contributed by atoms with Crippen LogP contribution in [0.3, 0.4) is 0 Å². The molecule has 0 aromatic carbocycles. The molecule has 4 nitrogen and oxygen atoms in total. The lowest BCUT2D eigenvalue weighted by Gasteiger charge is -2.16. The summed E-state index contributed by atoms with van der Waals surface area (Å²) in [5.41, 5.74) is 0.0241. The summed E-state index contributed by atoms with van der Waals surface area (Å²) in [5, 5.41) is 7.08. The smallest absolute Gasteiger partial charge is 0.310 e. The van der Waals surface area contributed by atoms with Gasteiger partial charge in [0, 0.05) is 24.0 Å². The summed E-state index contributed by atoms with van der Waals surface area (Å²) < 4.78 is 39.1. The molecule has 1 N–H and O–H groups in total. The number of hydrogen-bond donors (Lipinski definition) is 1. The van der Waals surface area contributed by atoms with Crippen LogP contribution in [-0.4, -0.2) is 21.3 Å². The minimum Gasteiger partial charge on any atom is -0.310 e. The van der Waals surface area contributed by atoms with Gasteiger partial charge in [-0.1, -0.05) is 13.0 Å².